The number of hydrogen-bond acceptors (Lipinski definition) is 4. The molecule has 0 spiro atoms. The molecule has 1 aliphatic rings. The van der Waals surface area contributed by atoms with Crippen LogP contribution in [0.3, 0.4) is 0 Å². The minimum atomic E-state index is -0.0491. The smallest absolute Gasteiger partial charge is 0.230 e. The van der Waals surface area contributed by atoms with Gasteiger partial charge in [0.05, 0.1) is 11.6 Å². The van der Waals surface area contributed by atoms with Crippen molar-refractivity contribution in [3.8, 4) is 0 Å². The van der Waals surface area contributed by atoms with Crippen LogP contribution in [0.4, 0.5) is 5.13 Å². The van der Waals surface area contributed by atoms with Crippen molar-refractivity contribution in [3.63, 3.8) is 0 Å². The maximum absolute atomic E-state index is 12.1. The predicted octanol–water partition coefficient (Wildman–Crippen LogP) is 2.51. The summed E-state index contributed by atoms with van der Waals surface area (Å²) < 4.78 is 0. The summed E-state index contributed by atoms with van der Waals surface area (Å²) in [5, 5.41) is 5.58. The lowest BCUT2D eigenvalue weighted by Gasteiger charge is -2.15. The first-order chi connectivity index (χ1) is 8.38. The maximum Gasteiger partial charge on any atom is 0.230 e. The summed E-state index contributed by atoms with van der Waals surface area (Å²) in [5.41, 5.74) is 6.96. The van der Waals surface area contributed by atoms with Gasteiger partial charge in [0.25, 0.3) is 0 Å². The topological polar surface area (TPSA) is 68.0 Å². The van der Waals surface area contributed by atoms with E-state index in [1.54, 1.807) is 0 Å². The molecule has 100 valence electrons. The molecule has 1 amide bonds. The van der Waals surface area contributed by atoms with E-state index in [1.807, 2.05) is 5.38 Å². The van der Waals surface area contributed by atoms with Gasteiger partial charge in [-0.3, -0.25) is 4.79 Å². The monoisotopic (exact) mass is 267 g/mol. The number of thiazole rings is 1. The number of hydrogen-bond donors (Lipinski definition) is 2. The average Bonchev–Trinajstić information content (AvgIpc) is 2.85. The van der Waals surface area contributed by atoms with E-state index < -0.39 is 0 Å². The molecule has 18 heavy (non-hydrogen) atoms. The standard InChI is InChI=1S/C13H21N3OS/c1-13(2,3)10-7-18-12(15-10)16-11(17)8-5-4-6-9(8)14/h7-9H,4-6,14H2,1-3H3,(H,15,16,17). The van der Waals surface area contributed by atoms with Crippen molar-refractivity contribution in [2.75, 3.05) is 5.32 Å². The van der Waals surface area contributed by atoms with Gasteiger partial charge in [-0.1, -0.05) is 27.2 Å². The molecule has 0 aliphatic heterocycles. The van der Waals surface area contributed by atoms with Crippen molar-refractivity contribution in [1.82, 2.24) is 4.98 Å². The summed E-state index contributed by atoms with van der Waals surface area (Å²) >= 11 is 1.48. The zero-order chi connectivity index (χ0) is 13.3. The summed E-state index contributed by atoms with van der Waals surface area (Å²) in [6, 6.07) is 0.00653. The highest BCUT2D eigenvalue weighted by Gasteiger charge is 2.30. The summed E-state index contributed by atoms with van der Waals surface area (Å²) in [5.74, 6) is -0.0261. The third-order valence-corrected chi connectivity index (χ3v) is 4.17. The van der Waals surface area contributed by atoms with Crippen LogP contribution in [0.2, 0.25) is 0 Å². The van der Waals surface area contributed by atoms with E-state index in [-0.39, 0.29) is 23.3 Å². The molecule has 1 aromatic heterocycles. The first-order valence-electron chi connectivity index (χ1n) is 6.40. The van der Waals surface area contributed by atoms with Gasteiger partial charge in [-0.25, -0.2) is 4.98 Å². The highest BCUT2D eigenvalue weighted by atomic mass is 32.1. The normalized spacial score (nSPS) is 24.2. The minimum absolute atomic E-state index is 0.00653. The second-order valence-electron chi connectivity index (χ2n) is 5.98. The van der Waals surface area contributed by atoms with Crippen LogP contribution in [0.25, 0.3) is 0 Å². The van der Waals surface area contributed by atoms with E-state index in [2.05, 4.69) is 31.1 Å². The summed E-state index contributed by atoms with van der Waals surface area (Å²) in [6.45, 7) is 6.33. The Kier molecular flexibility index (Phi) is 3.73. The molecule has 3 N–H and O–H groups in total. The van der Waals surface area contributed by atoms with Crippen molar-refractivity contribution in [1.29, 1.82) is 0 Å². The fourth-order valence-electron chi connectivity index (χ4n) is 2.19. The molecule has 4 nitrogen and oxygen atoms in total. The maximum atomic E-state index is 12.1. The molecule has 0 radical (unpaired) electrons. The first kappa shape index (κ1) is 13.5. The number of nitrogens with two attached hydrogens (primary N) is 1. The number of nitrogens with zero attached hydrogens (tertiary/aromatic N) is 1. The number of anilines is 1. The van der Waals surface area contributed by atoms with Crippen molar-refractivity contribution in [3.05, 3.63) is 11.1 Å². The summed E-state index contributed by atoms with van der Waals surface area (Å²) in [6.07, 6.45) is 2.89. The van der Waals surface area contributed by atoms with Gasteiger partial charge in [0.15, 0.2) is 5.13 Å². The molecule has 2 rings (SSSR count). The fraction of sp³-hybridized carbons (Fsp3) is 0.692. The molecule has 1 fully saturated rings. The van der Waals surface area contributed by atoms with Gasteiger partial charge in [0.1, 0.15) is 0 Å². The Bertz CT molecular complexity index is 436. The van der Waals surface area contributed by atoms with Crippen molar-refractivity contribution in [2.24, 2.45) is 11.7 Å². The zero-order valence-electron chi connectivity index (χ0n) is 11.2. The fourth-order valence-corrected chi connectivity index (χ4v) is 3.13. The predicted molar refractivity (Wildman–Crippen MR) is 74.8 cm³/mol. The Hall–Kier alpha value is -0.940. The van der Waals surface area contributed by atoms with E-state index in [4.69, 9.17) is 5.73 Å². The molecular weight excluding hydrogens is 246 g/mol. The molecular formula is C13H21N3OS. The SMILES string of the molecule is CC(C)(C)c1csc(NC(=O)C2CCCC2N)n1. The number of nitrogens with one attached hydrogen (secondary N) is 1. The van der Waals surface area contributed by atoms with E-state index in [1.165, 1.54) is 11.3 Å². The van der Waals surface area contributed by atoms with Gasteiger partial charge in [-0.2, -0.15) is 0 Å². The molecule has 0 bridgehead atoms. The number of amides is 1. The quantitative estimate of drug-likeness (QED) is 0.865. The lowest BCUT2D eigenvalue weighted by molar-refractivity contribution is -0.120. The first-order valence-corrected chi connectivity index (χ1v) is 7.28. The molecule has 0 saturated heterocycles. The molecule has 5 heteroatoms. The molecule has 1 aromatic rings. The van der Waals surface area contributed by atoms with Crippen LogP contribution in [-0.2, 0) is 10.2 Å². The second kappa shape index (κ2) is 4.97. The van der Waals surface area contributed by atoms with Crippen molar-refractivity contribution in [2.45, 2.75) is 51.5 Å². The lowest BCUT2D eigenvalue weighted by atomic mass is 9.93. The zero-order valence-corrected chi connectivity index (χ0v) is 12.0. The largest absolute Gasteiger partial charge is 0.327 e. The van der Waals surface area contributed by atoms with Crippen LogP contribution >= 0.6 is 11.3 Å². The van der Waals surface area contributed by atoms with E-state index in [0.29, 0.717) is 5.13 Å². The van der Waals surface area contributed by atoms with Crippen LogP contribution in [0.5, 0.6) is 0 Å². The van der Waals surface area contributed by atoms with Crippen LogP contribution in [-0.4, -0.2) is 16.9 Å². The van der Waals surface area contributed by atoms with Crippen LogP contribution in [0.1, 0.15) is 45.7 Å². The van der Waals surface area contributed by atoms with Crippen molar-refractivity contribution < 1.29 is 4.79 Å². The van der Waals surface area contributed by atoms with Gasteiger partial charge in [-0.05, 0) is 12.8 Å². The van der Waals surface area contributed by atoms with Gasteiger partial charge in [0, 0.05) is 16.8 Å². The highest BCUT2D eigenvalue weighted by molar-refractivity contribution is 7.13. The third-order valence-electron chi connectivity index (χ3n) is 3.41. The van der Waals surface area contributed by atoms with Crippen LogP contribution < -0.4 is 11.1 Å². The number of rotatable bonds is 2. The Morgan fingerprint density at radius 2 is 2.22 bits per heavy atom. The Balaban J connectivity index is 2.01. The molecule has 0 aromatic carbocycles. The number of carbonyl (C=O) groups is 1. The van der Waals surface area contributed by atoms with E-state index in [0.717, 1.165) is 25.0 Å². The molecule has 2 unspecified atom stereocenters. The van der Waals surface area contributed by atoms with Crippen LogP contribution in [0.15, 0.2) is 5.38 Å². The van der Waals surface area contributed by atoms with E-state index in [9.17, 15) is 4.79 Å². The lowest BCUT2D eigenvalue weighted by Crippen LogP contribution is -2.34. The van der Waals surface area contributed by atoms with E-state index >= 15 is 0 Å². The Labute approximate surface area is 112 Å². The molecule has 1 saturated carbocycles. The van der Waals surface area contributed by atoms with Gasteiger partial charge < -0.3 is 11.1 Å². The summed E-state index contributed by atoms with van der Waals surface area (Å²) in [4.78, 5) is 16.5. The highest BCUT2D eigenvalue weighted by Crippen LogP contribution is 2.28. The number of carbonyl (C=O) groups excluding carboxylic acids is 1. The van der Waals surface area contributed by atoms with Gasteiger partial charge >= 0.3 is 0 Å². The minimum Gasteiger partial charge on any atom is -0.327 e. The van der Waals surface area contributed by atoms with Crippen molar-refractivity contribution >= 4 is 22.4 Å². The second-order valence-corrected chi connectivity index (χ2v) is 6.84. The molecule has 1 heterocycles. The average molecular weight is 267 g/mol. The van der Waals surface area contributed by atoms with Crippen LogP contribution in [0, 0.1) is 5.92 Å². The Morgan fingerprint density at radius 1 is 1.50 bits per heavy atom. The van der Waals surface area contributed by atoms with Gasteiger partial charge in [0.2, 0.25) is 5.91 Å². The third kappa shape index (κ3) is 2.90. The van der Waals surface area contributed by atoms with Gasteiger partial charge in [-0.15, -0.1) is 11.3 Å². The molecule has 1 aliphatic carbocycles. The summed E-state index contributed by atoms with van der Waals surface area (Å²) in [7, 11) is 0. The molecule has 2 atom stereocenters. The number of aromatic nitrogens is 1. The Morgan fingerprint density at radius 3 is 2.72 bits per heavy atom.